The van der Waals surface area contributed by atoms with Crippen LogP contribution in [0.5, 0.6) is 0 Å². The van der Waals surface area contributed by atoms with Gasteiger partial charge in [-0.25, -0.2) is 0 Å². The van der Waals surface area contributed by atoms with Crippen molar-refractivity contribution < 1.29 is 14.7 Å². The zero-order valence-corrected chi connectivity index (χ0v) is 13.1. The number of hydrogen-bond acceptors (Lipinski definition) is 4. The largest absolute Gasteiger partial charge is 0.384 e. The van der Waals surface area contributed by atoms with Gasteiger partial charge in [0.05, 0.1) is 0 Å². The maximum absolute atomic E-state index is 12.1. The lowest BCUT2D eigenvalue weighted by atomic mass is 9.79. The van der Waals surface area contributed by atoms with Crippen molar-refractivity contribution in [3.8, 4) is 0 Å². The molecule has 2 atom stereocenters. The van der Waals surface area contributed by atoms with E-state index in [1.54, 1.807) is 0 Å². The van der Waals surface area contributed by atoms with E-state index in [-0.39, 0.29) is 12.4 Å². The molecule has 5 N–H and O–H groups in total. The van der Waals surface area contributed by atoms with E-state index in [2.05, 4.69) is 0 Å². The van der Waals surface area contributed by atoms with Crippen molar-refractivity contribution in [1.29, 1.82) is 0 Å². The van der Waals surface area contributed by atoms with Crippen molar-refractivity contribution >= 4 is 24.1 Å². The van der Waals surface area contributed by atoms with Crippen LogP contribution in [0.3, 0.4) is 0 Å². The predicted molar refractivity (Wildman–Crippen MR) is 80.4 cm³/mol. The minimum atomic E-state index is -1.37. The molecule has 2 unspecified atom stereocenters. The van der Waals surface area contributed by atoms with E-state index >= 15 is 0 Å². The number of aliphatic hydroxyl groups is 1. The minimum absolute atomic E-state index is 0. The van der Waals surface area contributed by atoms with Crippen LogP contribution in [0.1, 0.15) is 52.4 Å². The van der Waals surface area contributed by atoms with Crippen molar-refractivity contribution in [3.05, 3.63) is 0 Å². The highest BCUT2D eigenvalue weighted by Gasteiger charge is 2.40. The fraction of sp³-hybridized carbons (Fsp3) is 0.857. The Balaban J connectivity index is 0.00000361. The topological polar surface area (TPSA) is 106 Å². The van der Waals surface area contributed by atoms with Crippen LogP contribution in [0.2, 0.25) is 0 Å². The summed E-state index contributed by atoms with van der Waals surface area (Å²) >= 11 is 0. The summed E-state index contributed by atoms with van der Waals surface area (Å²) in [5, 5.41) is 10.0. The molecule has 0 aromatic rings. The third-order valence-electron chi connectivity index (χ3n) is 4.24. The highest BCUT2D eigenvalue weighted by Crippen LogP contribution is 2.28. The van der Waals surface area contributed by atoms with Gasteiger partial charge in [0, 0.05) is 6.04 Å². The first-order valence-corrected chi connectivity index (χ1v) is 7.04. The van der Waals surface area contributed by atoms with Crippen molar-refractivity contribution in [2.75, 3.05) is 0 Å². The second-order valence-corrected chi connectivity index (χ2v) is 6.20. The molecule has 1 rings (SSSR count). The first-order chi connectivity index (χ1) is 8.76. The minimum Gasteiger partial charge on any atom is -0.384 e. The second kappa shape index (κ2) is 7.96. The summed E-state index contributed by atoms with van der Waals surface area (Å²) in [7, 11) is 0. The third kappa shape index (κ3) is 4.72. The van der Waals surface area contributed by atoms with Gasteiger partial charge in [0.15, 0.2) is 5.78 Å². The Bertz CT molecular complexity index is 341. The first kappa shape index (κ1) is 19.4. The molecule has 118 valence electrons. The highest BCUT2D eigenvalue weighted by molar-refractivity contribution is 6.06. The molecule has 0 spiro atoms. The van der Waals surface area contributed by atoms with Gasteiger partial charge in [0.25, 0.3) is 0 Å². The van der Waals surface area contributed by atoms with Crippen LogP contribution in [-0.2, 0) is 9.59 Å². The molecule has 0 bridgehead atoms. The number of carbonyl (C=O) groups is 2. The van der Waals surface area contributed by atoms with Crippen LogP contribution in [-0.4, -0.2) is 28.9 Å². The number of carbonyl (C=O) groups excluding carboxylic acids is 2. The Kier molecular flexibility index (Phi) is 7.70. The van der Waals surface area contributed by atoms with Gasteiger partial charge < -0.3 is 16.6 Å². The summed E-state index contributed by atoms with van der Waals surface area (Å²) in [6, 6.07) is -0.616. The van der Waals surface area contributed by atoms with Crippen molar-refractivity contribution in [3.63, 3.8) is 0 Å². The van der Waals surface area contributed by atoms with E-state index in [9.17, 15) is 14.7 Å². The Morgan fingerprint density at radius 2 is 1.75 bits per heavy atom. The van der Waals surface area contributed by atoms with Crippen molar-refractivity contribution in [2.24, 2.45) is 22.8 Å². The Labute approximate surface area is 126 Å². The van der Waals surface area contributed by atoms with Crippen LogP contribution in [0.4, 0.5) is 0 Å². The average Bonchev–Trinajstić information content (AvgIpc) is 2.37. The van der Waals surface area contributed by atoms with E-state index in [1.165, 1.54) is 33.1 Å². The molecular formula is C14H27ClN2O3. The van der Waals surface area contributed by atoms with Crippen LogP contribution in [0.15, 0.2) is 0 Å². The number of aliphatic hydroxyl groups excluding tert-OH is 1. The fourth-order valence-corrected chi connectivity index (χ4v) is 2.62. The summed E-state index contributed by atoms with van der Waals surface area (Å²) in [5.41, 5.74) is 9.73. The monoisotopic (exact) mass is 306 g/mol. The van der Waals surface area contributed by atoms with E-state index in [0.717, 1.165) is 12.8 Å². The Morgan fingerprint density at radius 3 is 2.20 bits per heavy atom. The molecule has 0 aromatic carbocycles. The smallest absolute Gasteiger partial charge is 0.230 e. The SMILES string of the molecule is CC(C)(C(N)=O)C(=O)C(O)C(N)CC1CCCCC1.Cl. The maximum atomic E-state index is 12.1. The molecule has 0 heterocycles. The summed E-state index contributed by atoms with van der Waals surface area (Å²) < 4.78 is 0. The molecule has 0 radical (unpaired) electrons. The van der Waals surface area contributed by atoms with E-state index in [4.69, 9.17) is 11.5 Å². The molecule has 0 saturated heterocycles. The molecule has 1 fully saturated rings. The summed E-state index contributed by atoms with van der Waals surface area (Å²) in [5.74, 6) is -0.840. The number of primary amides is 1. The lowest BCUT2D eigenvalue weighted by Gasteiger charge is -2.29. The molecule has 1 amide bonds. The Hall–Kier alpha value is -0.650. The average molecular weight is 307 g/mol. The molecule has 5 nitrogen and oxygen atoms in total. The number of ketones is 1. The molecule has 20 heavy (non-hydrogen) atoms. The second-order valence-electron chi connectivity index (χ2n) is 6.20. The van der Waals surface area contributed by atoms with E-state index in [1.807, 2.05) is 0 Å². The van der Waals surface area contributed by atoms with Gasteiger partial charge >= 0.3 is 0 Å². The van der Waals surface area contributed by atoms with Gasteiger partial charge in [-0.15, -0.1) is 12.4 Å². The number of halogens is 1. The molecule has 1 saturated carbocycles. The van der Waals surface area contributed by atoms with E-state index < -0.39 is 29.3 Å². The lowest BCUT2D eigenvalue weighted by Crippen LogP contribution is -2.51. The normalized spacial score (nSPS) is 19.8. The van der Waals surface area contributed by atoms with Crippen LogP contribution in [0, 0.1) is 11.3 Å². The first-order valence-electron chi connectivity index (χ1n) is 7.04. The zero-order chi connectivity index (χ0) is 14.6. The van der Waals surface area contributed by atoms with Gasteiger partial charge in [-0.3, -0.25) is 9.59 Å². The molecule has 1 aliphatic rings. The van der Waals surface area contributed by atoms with Crippen LogP contribution >= 0.6 is 12.4 Å². The molecule has 6 heteroatoms. The van der Waals surface area contributed by atoms with Crippen LogP contribution < -0.4 is 11.5 Å². The van der Waals surface area contributed by atoms with Gasteiger partial charge in [-0.05, 0) is 26.2 Å². The zero-order valence-electron chi connectivity index (χ0n) is 12.3. The molecule has 0 aliphatic heterocycles. The van der Waals surface area contributed by atoms with Crippen molar-refractivity contribution in [2.45, 2.75) is 64.5 Å². The van der Waals surface area contributed by atoms with Crippen molar-refractivity contribution in [1.82, 2.24) is 0 Å². The number of Topliss-reactive ketones (excluding diaryl/α,β-unsaturated/α-hetero) is 1. The third-order valence-corrected chi connectivity index (χ3v) is 4.24. The Morgan fingerprint density at radius 1 is 1.25 bits per heavy atom. The number of amides is 1. The van der Waals surface area contributed by atoms with Crippen LogP contribution in [0.25, 0.3) is 0 Å². The molecule has 1 aliphatic carbocycles. The lowest BCUT2D eigenvalue weighted by molar-refractivity contribution is -0.144. The van der Waals surface area contributed by atoms with Gasteiger partial charge in [-0.2, -0.15) is 0 Å². The summed E-state index contributed by atoms with van der Waals surface area (Å²) in [6.45, 7) is 2.85. The number of hydrogen-bond donors (Lipinski definition) is 3. The highest BCUT2D eigenvalue weighted by atomic mass is 35.5. The fourth-order valence-electron chi connectivity index (χ4n) is 2.62. The molecule has 0 aromatic heterocycles. The number of rotatable bonds is 6. The predicted octanol–water partition coefficient (Wildman–Crippen LogP) is 1.15. The summed E-state index contributed by atoms with van der Waals surface area (Å²) in [6.07, 6.45) is 5.15. The van der Waals surface area contributed by atoms with Gasteiger partial charge in [-0.1, -0.05) is 32.1 Å². The van der Waals surface area contributed by atoms with E-state index in [0.29, 0.717) is 12.3 Å². The van der Waals surface area contributed by atoms with Gasteiger partial charge in [0.1, 0.15) is 11.5 Å². The standard InChI is InChI=1S/C14H26N2O3.ClH/c1-14(2,13(16)19)12(18)11(17)10(15)8-9-6-4-3-5-7-9;/h9-11,17H,3-8,15H2,1-2H3,(H2,16,19);1H. The maximum Gasteiger partial charge on any atom is 0.230 e. The quantitative estimate of drug-likeness (QED) is 0.640. The number of nitrogens with two attached hydrogens (primary N) is 2. The van der Waals surface area contributed by atoms with Gasteiger partial charge in [0.2, 0.25) is 5.91 Å². The summed E-state index contributed by atoms with van der Waals surface area (Å²) in [4.78, 5) is 23.3. The molecular weight excluding hydrogens is 280 g/mol.